The van der Waals surface area contributed by atoms with Gasteiger partial charge in [0.25, 0.3) is 0 Å². The zero-order valence-electron chi connectivity index (χ0n) is 10.4. The van der Waals surface area contributed by atoms with Crippen LogP contribution in [0.3, 0.4) is 0 Å². The van der Waals surface area contributed by atoms with E-state index in [0.29, 0.717) is 6.04 Å². The van der Waals surface area contributed by atoms with Gasteiger partial charge >= 0.3 is 0 Å². The van der Waals surface area contributed by atoms with Crippen LogP contribution >= 0.6 is 0 Å². The Morgan fingerprint density at radius 3 is 2.35 bits per heavy atom. The van der Waals surface area contributed by atoms with Crippen molar-refractivity contribution < 1.29 is 0 Å². The molecule has 1 heterocycles. The Balaban J connectivity index is 2.08. The lowest BCUT2D eigenvalue weighted by Gasteiger charge is -2.16. The summed E-state index contributed by atoms with van der Waals surface area (Å²) in [6.07, 6.45) is 4.07. The van der Waals surface area contributed by atoms with Crippen LogP contribution in [0.1, 0.15) is 26.7 Å². The summed E-state index contributed by atoms with van der Waals surface area (Å²) >= 11 is 0. The largest absolute Gasteiger partial charge is 0.382 e. The van der Waals surface area contributed by atoms with E-state index in [2.05, 4.69) is 53.6 Å². The number of anilines is 1. The van der Waals surface area contributed by atoms with Crippen LogP contribution < -0.4 is 5.32 Å². The summed E-state index contributed by atoms with van der Waals surface area (Å²) < 4.78 is 0. The first-order chi connectivity index (χ1) is 8.33. The standard InChI is InChI=1S/C14H19N3/c1-3-12(4-2)16-13-7-5-11(6-8-13)14-9-10-15-17-14/h5-10,12,16H,3-4H2,1-2H3,(H,15,17). The number of hydrogen-bond acceptors (Lipinski definition) is 2. The lowest BCUT2D eigenvalue weighted by atomic mass is 10.1. The highest BCUT2D eigenvalue weighted by Crippen LogP contribution is 2.19. The van der Waals surface area contributed by atoms with E-state index in [1.807, 2.05) is 6.07 Å². The molecule has 0 unspecified atom stereocenters. The number of aromatic amines is 1. The van der Waals surface area contributed by atoms with Crippen molar-refractivity contribution in [3.63, 3.8) is 0 Å². The van der Waals surface area contributed by atoms with Gasteiger partial charge in [0.15, 0.2) is 0 Å². The Morgan fingerprint density at radius 2 is 1.82 bits per heavy atom. The van der Waals surface area contributed by atoms with Crippen LogP contribution in [-0.4, -0.2) is 16.2 Å². The maximum absolute atomic E-state index is 3.96. The minimum Gasteiger partial charge on any atom is -0.382 e. The summed E-state index contributed by atoms with van der Waals surface area (Å²) in [5.74, 6) is 0. The van der Waals surface area contributed by atoms with Crippen LogP contribution in [0.5, 0.6) is 0 Å². The summed E-state index contributed by atoms with van der Waals surface area (Å²) in [6.45, 7) is 4.42. The van der Waals surface area contributed by atoms with Crippen LogP contribution in [0, 0.1) is 0 Å². The first-order valence-electron chi connectivity index (χ1n) is 6.19. The van der Waals surface area contributed by atoms with Crippen LogP contribution in [0.4, 0.5) is 5.69 Å². The molecule has 0 saturated carbocycles. The molecule has 3 heteroatoms. The van der Waals surface area contributed by atoms with E-state index in [0.717, 1.165) is 24.1 Å². The Labute approximate surface area is 102 Å². The summed E-state index contributed by atoms with van der Waals surface area (Å²) in [4.78, 5) is 0. The summed E-state index contributed by atoms with van der Waals surface area (Å²) in [5.41, 5.74) is 3.40. The van der Waals surface area contributed by atoms with E-state index < -0.39 is 0 Å². The second kappa shape index (κ2) is 5.53. The molecule has 0 spiro atoms. The van der Waals surface area contributed by atoms with Gasteiger partial charge in [-0.05, 0) is 36.6 Å². The van der Waals surface area contributed by atoms with Crippen molar-refractivity contribution in [3.05, 3.63) is 36.5 Å². The highest BCUT2D eigenvalue weighted by atomic mass is 15.1. The van der Waals surface area contributed by atoms with E-state index in [1.165, 1.54) is 5.69 Å². The van der Waals surface area contributed by atoms with Crippen molar-refractivity contribution >= 4 is 5.69 Å². The lowest BCUT2D eigenvalue weighted by Crippen LogP contribution is -2.16. The number of rotatable bonds is 5. The minimum atomic E-state index is 0.563. The number of nitrogens with zero attached hydrogens (tertiary/aromatic N) is 1. The van der Waals surface area contributed by atoms with Gasteiger partial charge in [0, 0.05) is 17.9 Å². The minimum absolute atomic E-state index is 0.563. The zero-order chi connectivity index (χ0) is 12.1. The Bertz CT molecular complexity index is 427. The van der Waals surface area contributed by atoms with Crippen molar-refractivity contribution in [2.24, 2.45) is 0 Å². The maximum Gasteiger partial charge on any atom is 0.0650 e. The molecule has 0 aliphatic rings. The number of aromatic nitrogens is 2. The molecule has 3 nitrogen and oxygen atoms in total. The van der Waals surface area contributed by atoms with E-state index in [-0.39, 0.29) is 0 Å². The van der Waals surface area contributed by atoms with Crippen molar-refractivity contribution in [2.75, 3.05) is 5.32 Å². The molecule has 2 rings (SSSR count). The smallest absolute Gasteiger partial charge is 0.0650 e. The Kier molecular flexibility index (Phi) is 3.81. The zero-order valence-corrected chi connectivity index (χ0v) is 10.4. The fourth-order valence-corrected chi connectivity index (χ4v) is 1.89. The van der Waals surface area contributed by atoms with Crippen LogP contribution in [0.25, 0.3) is 11.3 Å². The van der Waals surface area contributed by atoms with E-state index >= 15 is 0 Å². The summed E-state index contributed by atoms with van der Waals surface area (Å²) in [5, 5.41) is 10.4. The molecule has 0 bridgehead atoms. The predicted octanol–water partition coefficient (Wildman–Crippen LogP) is 3.68. The molecule has 0 atom stereocenters. The molecule has 0 aliphatic heterocycles. The Hall–Kier alpha value is -1.77. The van der Waals surface area contributed by atoms with Gasteiger partial charge in [0.1, 0.15) is 0 Å². The van der Waals surface area contributed by atoms with E-state index in [9.17, 15) is 0 Å². The number of hydrogen-bond donors (Lipinski definition) is 2. The second-order valence-electron chi connectivity index (χ2n) is 4.21. The average Bonchev–Trinajstić information content (AvgIpc) is 2.90. The van der Waals surface area contributed by atoms with Gasteiger partial charge in [-0.1, -0.05) is 26.0 Å². The first-order valence-corrected chi connectivity index (χ1v) is 6.19. The van der Waals surface area contributed by atoms with Crippen molar-refractivity contribution in [1.82, 2.24) is 10.2 Å². The molecule has 2 aromatic rings. The Morgan fingerprint density at radius 1 is 1.12 bits per heavy atom. The van der Waals surface area contributed by atoms with Crippen molar-refractivity contribution in [1.29, 1.82) is 0 Å². The monoisotopic (exact) mass is 229 g/mol. The normalized spacial score (nSPS) is 10.8. The van der Waals surface area contributed by atoms with Crippen molar-refractivity contribution in [2.45, 2.75) is 32.7 Å². The van der Waals surface area contributed by atoms with Gasteiger partial charge in [0.2, 0.25) is 0 Å². The van der Waals surface area contributed by atoms with Crippen molar-refractivity contribution in [3.8, 4) is 11.3 Å². The van der Waals surface area contributed by atoms with Crippen LogP contribution in [-0.2, 0) is 0 Å². The van der Waals surface area contributed by atoms with E-state index in [4.69, 9.17) is 0 Å². The lowest BCUT2D eigenvalue weighted by molar-refractivity contribution is 0.672. The van der Waals surface area contributed by atoms with Crippen LogP contribution in [0.15, 0.2) is 36.5 Å². The molecule has 0 radical (unpaired) electrons. The average molecular weight is 229 g/mol. The number of benzene rings is 1. The maximum atomic E-state index is 3.96. The molecule has 2 N–H and O–H groups in total. The van der Waals surface area contributed by atoms with Gasteiger partial charge < -0.3 is 5.32 Å². The molecule has 0 aliphatic carbocycles. The molecular weight excluding hydrogens is 210 g/mol. The third kappa shape index (κ3) is 2.87. The van der Waals surface area contributed by atoms with Gasteiger partial charge in [-0.3, -0.25) is 5.10 Å². The highest BCUT2D eigenvalue weighted by molar-refractivity contribution is 5.62. The third-order valence-corrected chi connectivity index (χ3v) is 3.05. The van der Waals surface area contributed by atoms with Gasteiger partial charge in [0.05, 0.1) is 5.69 Å². The molecule has 1 aromatic carbocycles. The summed E-state index contributed by atoms with van der Waals surface area (Å²) in [7, 11) is 0. The van der Waals surface area contributed by atoms with Crippen LogP contribution in [0.2, 0.25) is 0 Å². The van der Waals surface area contributed by atoms with Gasteiger partial charge in [-0.15, -0.1) is 0 Å². The van der Waals surface area contributed by atoms with E-state index in [1.54, 1.807) is 6.20 Å². The quantitative estimate of drug-likeness (QED) is 0.821. The third-order valence-electron chi connectivity index (χ3n) is 3.05. The molecule has 90 valence electrons. The highest BCUT2D eigenvalue weighted by Gasteiger charge is 2.03. The molecule has 0 fully saturated rings. The fourth-order valence-electron chi connectivity index (χ4n) is 1.89. The molecule has 1 aromatic heterocycles. The molecule has 17 heavy (non-hydrogen) atoms. The first kappa shape index (κ1) is 11.7. The molecule has 0 saturated heterocycles. The SMILES string of the molecule is CCC(CC)Nc1ccc(-c2ccn[nH]2)cc1. The fraction of sp³-hybridized carbons (Fsp3) is 0.357. The number of H-pyrrole nitrogens is 1. The summed E-state index contributed by atoms with van der Waals surface area (Å²) in [6, 6.07) is 11.0. The number of nitrogens with one attached hydrogen (secondary N) is 2. The molecular formula is C14H19N3. The molecule has 0 amide bonds. The second-order valence-corrected chi connectivity index (χ2v) is 4.21. The van der Waals surface area contributed by atoms with Gasteiger partial charge in [-0.25, -0.2) is 0 Å². The topological polar surface area (TPSA) is 40.7 Å². The predicted molar refractivity (Wildman–Crippen MR) is 72.0 cm³/mol. The van der Waals surface area contributed by atoms with Gasteiger partial charge in [-0.2, -0.15) is 5.10 Å².